The van der Waals surface area contributed by atoms with Gasteiger partial charge >= 0.3 is 0 Å². The molecule has 0 amide bonds. The Kier molecular flexibility index (Phi) is 1.66. The minimum atomic E-state index is 0.568. The van der Waals surface area contributed by atoms with Gasteiger partial charge in [0.25, 0.3) is 0 Å². The van der Waals surface area contributed by atoms with E-state index in [0.717, 1.165) is 23.6 Å². The lowest BCUT2D eigenvalue weighted by Gasteiger charge is -2.24. The SMILES string of the molecule is ClC[C@H]1[C@H](CCl)[C@@H]2C[C@@H]1[C@H]1O[C@@H]21. The molecule has 6 atom stereocenters. The molecule has 1 aliphatic heterocycles. The third kappa shape index (κ3) is 0.804. The number of hydrogen-bond acceptors (Lipinski definition) is 1. The van der Waals surface area contributed by atoms with Crippen molar-refractivity contribution < 1.29 is 4.74 Å². The Morgan fingerprint density at radius 2 is 1.50 bits per heavy atom. The van der Waals surface area contributed by atoms with Crippen LogP contribution in [-0.2, 0) is 4.74 Å². The van der Waals surface area contributed by atoms with Crippen LogP contribution in [0.1, 0.15) is 6.42 Å². The van der Waals surface area contributed by atoms with Crippen molar-refractivity contribution in [1.29, 1.82) is 0 Å². The third-order valence-corrected chi connectivity index (χ3v) is 4.67. The molecule has 1 saturated heterocycles. The van der Waals surface area contributed by atoms with E-state index in [4.69, 9.17) is 27.9 Å². The Morgan fingerprint density at radius 1 is 1.00 bits per heavy atom. The van der Waals surface area contributed by atoms with Gasteiger partial charge in [0.1, 0.15) is 0 Å². The average molecular weight is 207 g/mol. The summed E-state index contributed by atoms with van der Waals surface area (Å²) in [5.74, 6) is 4.29. The largest absolute Gasteiger partial charge is 0.369 e. The van der Waals surface area contributed by atoms with E-state index in [2.05, 4.69) is 0 Å². The van der Waals surface area contributed by atoms with Crippen LogP contribution in [0.4, 0.5) is 0 Å². The number of fused-ring (bicyclic) bond motifs is 5. The normalized spacial score (nSPS) is 60.5. The third-order valence-electron chi connectivity index (χ3n) is 3.96. The topological polar surface area (TPSA) is 12.5 Å². The Morgan fingerprint density at radius 3 is 1.92 bits per heavy atom. The van der Waals surface area contributed by atoms with Crippen molar-refractivity contribution in [2.45, 2.75) is 18.6 Å². The van der Waals surface area contributed by atoms with Gasteiger partial charge in [0, 0.05) is 11.8 Å². The lowest BCUT2D eigenvalue weighted by Crippen LogP contribution is -2.29. The van der Waals surface area contributed by atoms with Gasteiger partial charge in [-0.25, -0.2) is 0 Å². The van der Waals surface area contributed by atoms with Crippen molar-refractivity contribution in [2.75, 3.05) is 11.8 Å². The Hall–Kier alpha value is 0.540. The maximum absolute atomic E-state index is 5.94. The molecule has 1 nitrogen and oxygen atoms in total. The molecule has 3 aliphatic rings. The zero-order valence-electron chi connectivity index (χ0n) is 6.75. The van der Waals surface area contributed by atoms with Gasteiger partial charge in [-0.05, 0) is 30.1 Å². The Balaban J connectivity index is 1.86. The standard InChI is InChI=1S/C9H12Cl2O/c10-2-6-4-1-5(7(6)3-11)9-8(4)12-9/h4-9H,1-3H2/t4-,5-,6+,7+,8-,9+/m0/s1. The molecule has 1 heterocycles. The predicted octanol–water partition coefficient (Wildman–Crippen LogP) is 2.11. The molecule has 0 aromatic rings. The molecular formula is C9H12Cl2O. The van der Waals surface area contributed by atoms with Gasteiger partial charge in [0.15, 0.2) is 0 Å². The molecule has 0 aromatic carbocycles. The summed E-state index contributed by atoms with van der Waals surface area (Å²) in [6.45, 7) is 0. The number of epoxide rings is 1. The van der Waals surface area contributed by atoms with E-state index >= 15 is 0 Å². The number of ether oxygens (including phenoxy) is 1. The van der Waals surface area contributed by atoms with Gasteiger partial charge in [0.05, 0.1) is 12.2 Å². The first-order valence-corrected chi connectivity index (χ1v) is 5.71. The quantitative estimate of drug-likeness (QED) is 0.499. The van der Waals surface area contributed by atoms with Crippen molar-refractivity contribution in [1.82, 2.24) is 0 Å². The summed E-state index contributed by atoms with van der Waals surface area (Å²) < 4.78 is 5.59. The summed E-state index contributed by atoms with van der Waals surface area (Å²) in [5, 5.41) is 0. The zero-order chi connectivity index (χ0) is 8.29. The monoisotopic (exact) mass is 206 g/mol. The summed E-state index contributed by atoms with van der Waals surface area (Å²) >= 11 is 11.9. The van der Waals surface area contributed by atoms with E-state index in [1.807, 2.05) is 0 Å². The zero-order valence-corrected chi connectivity index (χ0v) is 8.26. The first kappa shape index (κ1) is 7.90. The molecule has 68 valence electrons. The van der Waals surface area contributed by atoms with E-state index in [1.165, 1.54) is 6.42 Å². The predicted molar refractivity (Wildman–Crippen MR) is 48.7 cm³/mol. The van der Waals surface area contributed by atoms with Gasteiger partial charge in [-0.15, -0.1) is 23.2 Å². The number of hydrogen-bond donors (Lipinski definition) is 0. The maximum Gasteiger partial charge on any atom is 0.0876 e. The number of rotatable bonds is 2. The van der Waals surface area contributed by atoms with Gasteiger partial charge in [0.2, 0.25) is 0 Å². The van der Waals surface area contributed by atoms with Crippen molar-refractivity contribution in [3.8, 4) is 0 Å². The molecule has 0 N–H and O–H groups in total. The van der Waals surface area contributed by atoms with Crippen LogP contribution in [0.5, 0.6) is 0 Å². The molecule has 2 saturated carbocycles. The van der Waals surface area contributed by atoms with Crippen LogP contribution < -0.4 is 0 Å². The molecule has 0 unspecified atom stereocenters. The molecule has 0 spiro atoms. The van der Waals surface area contributed by atoms with Gasteiger partial charge in [-0.3, -0.25) is 0 Å². The van der Waals surface area contributed by atoms with E-state index in [9.17, 15) is 0 Å². The van der Waals surface area contributed by atoms with Crippen molar-refractivity contribution in [2.24, 2.45) is 23.7 Å². The van der Waals surface area contributed by atoms with E-state index in [1.54, 1.807) is 0 Å². The molecule has 3 heteroatoms. The second-order valence-corrected chi connectivity index (χ2v) is 4.88. The summed E-state index contributed by atoms with van der Waals surface area (Å²) in [5.41, 5.74) is 0. The van der Waals surface area contributed by atoms with E-state index in [-0.39, 0.29) is 0 Å². The van der Waals surface area contributed by atoms with Crippen LogP contribution in [0.2, 0.25) is 0 Å². The highest BCUT2D eigenvalue weighted by molar-refractivity contribution is 6.19. The Labute approximate surface area is 82.4 Å². The number of halogens is 2. The average Bonchev–Trinajstić information content (AvgIpc) is 2.73. The molecule has 0 radical (unpaired) electrons. The minimum absolute atomic E-state index is 0.568. The fourth-order valence-corrected chi connectivity index (χ4v) is 4.25. The highest BCUT2D eigenvalue weighted by Gasteiger charge is 2.66. The van der Waals surface area contributed by atoms with Crippen molar-refractivity contribution in [3.63, 3.8) is 0 Å². The van der Waals surface area contributed by atoms with Crippen LogP contribution in [0.15, 0.2) is 0 Å². The van der Waals surface area contributed by atoms with Crippen LogP contribution in [0, 0.1) is 23.7 Å². The smallest absolute Gasteiger partial charge is 0.0876 e. The first-order valence-electron chi connectivity index (χ1n) is 4.64. The van der Waals surface area contributed by atoms with Crippen LogP contribution in [-0.4, -0.2) is 24.0 Å². The maximum atomic E-state index is 5.94. The highest BCUT2D eigenvalue weighted by atomic mass is 35.5. The molecular weight excluding hydrogens is 195 g/mol. The number of alkyl halides is 2. The van der Waals surface area contributed by atoms with Crippen LogP contribution in [0.3, 0.4) is 0 Å². The van der Waals surface area contributed by atoms with Crippen LogP contribution in [0.25, 0.3) is 0 Å². The second kappa shape index (κ2) is 2.52. The molecule has 12 heavy (non-hydrogen) atoms. The summed E-state index contributed by atoms with van der Waals surface area (Å²) in [6.07, 6.45) is 2.46. The molecule has 3 fully saturated rings. The van der Waals surface area contributed by atoms with E-state index in [0.29, 0.717) is 24.0 Å². The van der Waals surface area contributed by atoms with Gasteiger partial charge < -0.3 is 4.74 Å². The molecule has 0 aromatic heterocycles. The second-order valence-electron chi connectivity index (χ2n) is 4.27. The minimum Gasteiger partial charge on any atom is -0.369 e. The lowest BCUT2D eigenvalue weighted by molar-refractivity contribution is 0.253. The van der Waals surface area contributed by atoms with Crippen molar-refractivity contribution in [3.05, 3.63) is 0 Å². The summed E-state index contributed by atoms with van der Waals surface area (Å²) in [7, 11) is 0. The fourth-order valence-electron chi connectivity index (χ4n) is 3.34. The molecule has 3 rings (SSSR count). The summed E-state index contributed by atoms with van der Waals surface area (Å²) in [4.78, 5) is 0. The van der Waals surface area contributed by atoms with Gasteiger partial charge in [-0.2, -0.15) is 0 Å². The summed E-state index contributed by atoms with van der Waals surface area (Å²) in [6, 6.07) is 0. The van der Waals surface area contributed by atoms with Crippen molar-refractivity contribution >= 4 is 23.2 Å². The molecule has 2 bridgehead atoms. The Bertz CT molecular complexity index is 189. The first-order chi connectivity index (χ1) is 5.86. The van der Waals surface area contributed by atoms with Crippen LogP contribution >= 0.6 is 23.2 Å². The molecule has 2 aliphatic carbocycles. The lowest BCUT2D eigenvalue weighted by atomic mass is 9.81. The highest BCUT2D eigenvalue weighted by Crippen LogP contribution is 2.61. The fraction of sp³-hybridized carbons (Fsp3) is 1.00. The van der Waals surface area contributed by atoms with E-state index < -0.39 is 0 Å². The van der Waals surface area contributed by atoms with Gasteiger partial charge in [-0.1, -0.05) is 0 Å².